The maximum Gasteiger partial charge on any atom is 0.181 e. The molecule has 1 fully saturated rings. The number of nitrogens with zero attached hydrogens (tertiary/aromatic N) is 3. The van der Waals surface area contributed by atoms with Crippen molar-refractivity contribution in [1.29, 1.82) is 0 Å². The second-order valence-corrected chi connectivity index (χ2v) is 4.65. The summed E-state index contributed by atoms with van der Waals surface area (Å²) in [7, 11) is 1.90. The van der Waals surface area contributed by atoms with Gasteiger partial charge in [-0.1, -0.05) is 31.2 Å². The third-order valence-electron chi connectivity index (χ3n) is 3.31. The Labute approximate surface area is 95.1 Å². The Kier molecular flexibility index (Phi) is 2.06. The van der Waals surface area contributed by atoms with Crippen molar-refractivity contribution >= 4 is 0 Å². The molecule has 0 radical (unpaired) electrons. The number of aromatic nitrogens is 3. The van der Waals surface area contributed by atoms with Gasteiger partial charge in [-0.2, -0.15) is 5.10 Å². The summed E-state index contributed by atoms with van der Waals surface area (Å²) >= 11 is 0. The predicted molar refractivity (Wildman–Crippen MR) is 63.0 cm³/mol. The first kappa shape index (κ1) is 9.58. The van der Waals surface area contributed by atoms with E-state index in [0.717, 1.165) is 11.7 Å². The largest absolute Gasteiger partial charge is 0.255 e. The highest BCUT2D eigenvalue weighted by Crippen LogP contribution is 2.49. The van der Waals surface area contributed by atoms with Crippen LogP contribution in [0.25, 0.3) is 11.4 Å². The highest BCUT2D eigenvalue weighted by Gasteiger charge is 2.35. The van der Waals surface area contributed by atoms with Crippen molar-refractivity contribution in [3.63, 3.8) is 0 Å². The van der Waals surface area contributed by atoms with Crippen LogP contribution < -0.4 is 0 Å². The zero-order chi connectivity index (χ0) is 11.1. The fourth-order valence-electron chi connectivity index (χ4n) is 2.24. The average Bonchev–Trinajstić information content (AvgIpc) is 2.85. The molecule has 1 aliphatic carbocycles. The van der Waals surface area contributed by atoms with Gasteiger partial charge in [0.1, 0.15) is 6.33 Å². The molecule has 0 saturated heterocycles. The van der Waals surface area contributed by atoms with Crippen molar-refractivity contribution < 1.29 is 0 Å². The first-order valence-electron chi connectivity index (χ1n) is 5.70. The van der Waals surface area contributed by atoms with E-state index in [2.05, 4.69) is 41.3 Å². The molecule has 3 nitrogen and oxygen atoms in total. The van der Waals surface area contributed by atoms with E-state index in [4.69, 9.17) is 0 Å². The Hall–Kier alpha value is -1.64. The number of rotatable bonds is 2. The average molecular weight is 213 g/mol. The van der Waals surface area contributed by atoms with Gasteiger partial charge in [-0.15, -0.1) is 0 Å². The molecule has 0 N–H and O–H groups in total. The summed E-state index contributed by atoms with van der Waals surface area (Å²) in [5, 5.41) is 4.38. The number of hydrogen-bond acceptors (Lipinski definition) is 2. The van der Waals surface area contributed by atoms with Gasteiger partial charge in [0.25, 0.3) is 0 Å². The summed E-state index contributed by atoms with van der Waals surface area (Å²) in [6.07, 6.45) is 3.05. The van der Waals surface area contributed by atoms with Crippen LogP contribution in [0.3, 0.4) is 0 Å². The fourth-order valence-corrected chi connectivity index (χ4v) is 2.24. The second kappa shape index (κ2) is 3.44. The Morgan fingerprint density at radius 1 is 1.31 bits per heavy atom. The van der Waals surface area contributed by atoms with Crippen LogP contribution in [0.5, 0.6) is 0 Å². The normalized spacial score (nSPS) is 23.4. The van der Waals surface area contributed by atoms with Crippen LogP contribution in [-0.2, 0) is 7.05 Å². The lowest BCUT2D eigenvalue weighted by atomic mass is 10.0. The summed E-state index contributed by atoms with van der Waals surface area (Å²) in [6.45, 7) is 2.30. The molecule has 2 unspecified atom stereocenters. The number of benzene rings is 1. The number of hydrogen-bond donors (Lipinski definition) is 0. The zero-order valence-electron chi connectivity index (χ0n) is 9.59. The van der Waals surface area contributed by atoms with Gasteiger partial charge in [0, 0.05) is 12.6 Å². The third-order valence-corrected chi connectivity index (χ3v) is 3.31. The Balaban J connectivity index is 2.06. The minimum absolute atomic E-state index is 0.708. The second-order valence-electron chi connectivity index (χ2n) is 4.65. The summed E-state index contributed by atoms with van der Waals surface area (Å²) < 4.78 is 1.75. The van der Waals surface area contributed by atoms with Gasteiger partial charge in [-0.25, -0.2) is 4.98 Å². The van der Waals surface area contributed by atoms with Crippen molar-refractivity contribution in [2.24, 2.45) is 13.0 Å². The Morgan fingerprint density at radius 2 is 2.06 bits per heavy atom. The van der Waals surface area contributed by atoms with Gasteiger partial charge < -0.3 is 0 Å². The fraction of sp³-hybridized carbons (Fsp3) is 0.385. The van der Waals surface area contributed by atoms with Crippen LogP contribution in [0, 0.1) is 5.92 Å². The van der Waals surface area contributed by atoms with Gasteiger partial charge in [-0.3, -0.25) is 4.68 Å². The first-order valence-corrected chi connectivity index (χ1v) is 5.70. The van der Waals surface area contributed by atoms with Crippen LogP contribution in [0.15, 0.2) is 30.6 Å². The quantitative estimate of drug-likeness (QED) is 0.767. The van der Waals surface area contributed by atoms with Crippen LogP contribution in [-0.4, -0.2) is 14.8 Å². The van der Waals surface area contributed by atoms with Crippen LogP contribution in [0.1, 0.15) is 24.8 Å². The Morgan fingerprint density at radius 3 is 2.69 bits per heavy atom. The molecule has 1 saturated carbocycles. The molecule has 1 heterocycles. The van der Waals surface area contributed by atoms with Crippen molar-refractivity contribution in [1.82, 2.24) is 14.8 Å². The Bertz CT molecular complexity index is 515. The maximum absolute atomic E-state index is 4.38. The lowest BCUT2D eigenvalue weighted by molar-refractivity contribution is 0.767. The molecule has 0 spiro atoms. The summed E-state index contributed by atoms with van der Waals surface area (Å²) in [5.74, 6) is 2.36. The summed E-state index contributed by atoms with van der Waals surface area (Å²) in [5.41, 5.74) is 2.60. The van der Waals surface area contributed by atoms with Gasteiger partial charge in [0.2, 0.25) is 0 Å². The van der Waals surface area contributed by atoms with E-state index in [9.17, 15) is 0 Å². The molecule has 82 valence electrons. The first-order chi connectivity index (χ1) is 7.75. The van der Waals surface area contributed by atoms with Crippen molar-refractivity contribution in [3.8, 4) is 11.4 Å². The van der Waals surface area contributed by atoms with Crippen LogP contribution in [0.4, 0.5) is 0 Å². The molecular weight excluding hydrogens is 198 g/mol. The highest BCUT2D eigenvalue weighted by atomic mass is 15.3. The van der Waals surface area contributed by atoms with E-state index >= 15 is 0 Å². The SMILES string of the molecule is CC1CC1c1ccccc1-c1ncn(C)n1. The lowest BCUT2D eigenvalue weighted by Gasteiger charge is -2.04. The van der Waals surface area contributed by atoms with E-state index < -0.39 is 0 Å². The molecule has 3 rings (SSSR count). The van der Waals surface area contributed by atoms with E-state index in [1.165, 1.54) is 17.5 Å². The van der Waals surface area contributed by atoms with E-state index in [1.54, 1.807) is 11.0 Å². The summed E-state index contributed by atoms with van der Waals surface area (Å²) in [4.78, 5) is 4.33. The van der Waals surface area contributed by atoms with E-state index in [0.29, 0.717) is 5.92 Å². The molecule has 0 amide bonds. The highest BCUT2D eigenvalue weighted by molar-refractivity contribution is 5.61. The van der Waals surface area contributed by atoms with Crippen molar-refractivity contribution in [2.75, 3.05) is 0 Å². The molecule has 0 bridgehead atoms. The van der Waals surface area contributed by atoms with Crippen LogP contribution in [0.2, 0.25) is 0 Å². The molecule has 1 aromatic carbocycles. The van der Waals surface area contributed by atoms with Gasteiger partial charge in [-0.05, 0) is 23.8 Å². The standard InChI is InChI=1S/C13H15N3/c1-9-7-12(9)10-5-3-4-6-11(10)13-14-8-16(2)15-13/h3-6,8-9,12H,7H2,1-2H3. The maximum atomic E-state index is 4.38. The molecule has 1 aliphatic rings. The smallest absolute Gasteiger partial charge is 0.181 e. The molecule has 3 heteroatoms. The number of aryl methyl sites for hydroxylation is 1. The van der Waals surface area contributed by atoms with Gasteiger partial charge in [0.15, 0.2) is 5.82 Å². The van der Waals surface area contributed by atoms with Crippen LogP contribution >= 0.6 is 0 Å². The molecule has 16 heavy (non-hydrogen) atoms. The molecular formula is C13H15N3. The lowest BCUT2D eigenvalue weighted by Crippen LogP contribution is -1.92. The molecule has 2 atom stereocenters. The monoisotopic (exact) mass is 213 g/mol. The predicted octanol–water partition coefficient (Wildman–Crippen LogP) is 2.61. The molecule has 0 aliphatic heterocycles. The van der Waals surface area contributed by atoms with Gasteiger partial charge in [0.05, 0.1) is 0 Å². The summed E-state index contributed by atoms with van der Waals surface area (Å²) in [6, 6.07) is 8.49. The molecule has 2 aromatic rings. The topological polar surface area (TPSA) is 30.7 Å². The minimum atomic E-state index is 0.708. The molecule has 1 aromatic heterocycles. The minimum Gasteiger partial charge on any atom is -0.255 e. The van der Waals surface area contributed by atoms with Gasteiger partial charge >= 0.3 is 0 Å². The zero-order valence-corrected chi connectivity index (χ0v) is 9.59. The van der Waals surface area contributed by atoms with Crippen molar-refractivity contribution in [2.45, 2.75) is 19.3 Å². The van der Waals surface area contributed by atoms with Crippen molar-refractivity contribution in [3.05, 3.63) is 36.2 Å². The third kappa shape index (κ3) is 1.52. The van der Waals surface area contributed by atoms with E-state index in [-0.39, 0.29) is 0 Å². The van der Waals surface area contributed by atoms with E-state index in [1.807, 2.05) is 7.05 Å².